The number of carbonyl (C=O) groups is 1. The SMILES string of the molecule is COC(=O)CS(=O)(=O)c1ccc(Cn2c(C)nc3cnccc32)cc1. The maximum atomic E-state index is 12.1. The molecular weight excluding hydrogens is 342 g/mol. The van der Waals surface area contributed by atoms with Crippen LogP contribution in [0.1, 0.15) is 11.4 Å². The van der Waals surface area contributed by atoms with E-state index in [2.05, 4.69) is 14.7 Å². The summed E-state index contributed by atoms with van der Waals surface area (Å²) in [6, 6.07) is 8.37. The highest BCUT2D eigenvalue weighted by atomic mass is 32.2. The number of hydrogen-bond donors (Lipinski definition) is 0. The lowest BCUT2D eigenvalue weighted by Crippen LogP contribution is -2.17. The van der Waals surface area contributed by atoms with E-state index >= 15 is 0 Å². The third kappa shape index (κ3) is 3.53. The Kier molecular flexibility index (Phi) is 4.54. The predicted octanol–water partition coefficient (Wildman–Crippen LogP) is 1.73. The summed E-state index contributed by atoms with van der Waals surface area (Å²) in [5, 5.41) is 0. The number of nitrogens with zero attached hydrogens (tertiary/aromatic N) is 3. The smallest absolute Gasteiger partial charge is 0.321 e. The van der Waals surface area contributed by atoms with Crippen LogP contribution in [0.4, 0.5) is 0 Å². The number of esters is 1. The fourth-order valence-corrected chi connectivity index (χ4v) is 3.73. The van der Waals surface area contributed by atoms with Crippen LogP contribution in [0, 0.1) is 6.92 Å². The Morgan fingerprint density at radius 3 is 2.60 bits per heavy atom. The maximum Gasteiger partial charge on any atom is 0.321 e. The van der Waals surface area contributed by atoms with E-state index in [0.717, 1.165) is 29.5 Å². The first kappa shape index (κ1) is 17.1. The van der Waals surface area contributed by atoms with Gasteiger partial charge in [0.05, 0.1) is 23.7 Å². The highest BCUT2D eigenvalue weighted by Crippen LogP contribution is 2.18. The molecule has 0 amide bonds. The number of sulfone groups is 1. The molecule has 0 unspecified atom stereocenters. The van der Waals surface area contributed by atoms with Crippen LogP contribution in [0.15, 0.2) is 47.6 Å². The molecule has 0 saturated heterocycles. The number of aromatic nitrogens is 3. The molecule has 25 heavy (non-hydrogen) atoms. The van der Waals surface area contributed by atoms with E-state index < -0.39 is 21.6 Å². The summed E-state index contributed by atoms with van der Waals surface area (Å²) in [4.78, 5) is 19.8. The molecule has 0 aliphatic carbocycles. The number of imidazole rings is 1. The summed E-state index contributed by atoms with van der Waals surface area (Å²) in [6.45, 7) is 2.47. The topological polar surface area (TPSA) is 91.2 Å². The molecule has 8 heteroatoms. The minimum absolute atomic E-state index is 0.0954. The molecule has 0 aliphatic rings. The van der Waals surface area contributed by atoms with E-state index in [1.54, 1.807) is 24.5 Å². The van der Waals surface area contributed by atoms with E-state index in [1.165, 1.54) is 12.1 Å². The van der Waals surface area contributed by atoms with Crippen molar-refractivity contribution in [1.82, 2.24) is 14.5 Å². The lowest BCUT2D eigenvalue weighted by atomic mass is 10.2. The zero-order valence-corrected chi connectivity index (χ0v) is 14.7. The van der Waals surface area contributed by atoms with E-state index in [9.17, 15) is 13.2 Å². The molecule has 0 atom stereocenters. The van der Waals surface area contributed by atoms with Crippen molar-refractivity contribution in [2.75, 3.05) is 12.9 Å². The van der Waals surface area contributed by atoms with Gasteiger partial charge in [0, 0.05) is 12.7 Å². The minimum Gasteiger partial charge on any atom is -0.468 e. The van der Waals surface area contributed by atoms with Crippen molar-refractivity contribution in [2.45, 2.75) is 18.4 Å². The van der Waals surface area contributed by atoms with Crippen LogP contribution in [0.5, 0.6) is 0 Å². The number of benzene rings is 1. The molecule has 0 N–H and O–H groups in total. The highest BCUT2D eigenvalue weighted by Gasteiger charge is 2.19. The summed E-state index contributed by atoms with van der Waals surface area (Å²) in [6.07, 6.45) is 3.42. The van der Waals surface area contributed by atoms with Crippen molar-refractivity contribution >= 4 is 26.8 Å². The van der Waals surface area contributed by atoms with Crippen LogP contribution >= 0.6 is 0 Å². The van der Waals surface area contributed by atoms with E-state index in [-0.39, 0.29) is 4.90 Å². The van der Waals surface area contributed by atoms with Crippen molar-refractivity contribution < 1.29 is 17.9 Å². The zero-order chi connectivity index (χ0) is 18.0. The highest BCUT2D eigenvalue weighted by molar-refractivity contribution is 7.92. The molecule has 1 aromatic carbocycles. The predicted molar refractivity (Wildman–Crippen MR) is 91.9 cm³/mol. The van der Waals surface area contributed by atoms with Gasteiger partial charge in [-0.25, -0.2) is 13.4 Å². The number of methoxy groups -OCH3 is 1. The van der Waals surface area contributed by atoms with Crippen LogP contribution in [0.3, 0.4) is 0 Å². The zero-order valence-electron chi connectivity index (χ0n) is 13.8. The lowest BCUT2D eigenvalue weighted by molar-refractivity contribution is -0.137. The average Bonchev–Trinajstić information content (AvgIpc) is 2.90. The average molecular weight is 359 g/mol. The third-order valence-electron chi connectivity index (χ3n) is 3.90. The van der Waals surface area contributed by atoms with E-state index in [1.807, 2.05) is 17.6 Å². The second kappa shape index (κ2) is 6.64. The molecule has 7 nitrogen and oxygen atoms in total. The number of aryl methyl sites for hydroxylation is 1. The molecule has 3 aromatic rings. The van der Waals surface area contributed by atoms with Gasteiger partial charge in [-0.3, -0.25) is 9.78 Å². The molecule has 0 bridgehead atoms. The number of hydrogen-bond acceptors (Lipinski definition) is 6. The van der Waals surface area contributed by atoms with Gasteiger partial charge in [-0.15, -0.1) is 0 Å². The summed E-state index contributed by atoms with van der Waals surface area (Å²) in [7, 11) is -2.53. The van der Waals surface area contributed by atoms with Gasteiger partial charge in [-0.05, 0) is 30.7 Å². The fraction of sp³-hybridized carbons (Fsp3) is 0.235. The van der Waals surface area contributed by atoms with Crippen molar-refractivity contribution in [2.24, 2.45) is 0 Å². The van der Waals surface area contributed by atoms with Gasteiger partial charge in [0.25, 0.3) is 0 Å². The Labute approximate surface area is 145 Å². The molecule has 130 valence electrons. The standard InChI is InChI=1S/C17H17N3O4S/c1-12-19-15-9-18-8-7-16(15)20(12)10-13-3-5-14(6-4-13)25(22,23)11-17(21)24-2/h3-9H,10-11H2,1-2H3. The van der Waals surface area contributed by atoms with Crippen LogP contribution in [0.25, 0.3) is 11.0 Å². The Morgan fingerprint density at radius 2 is 1.92 bits per heavy atom. The van der Waals surface area contributed by atoms with Gasteiger partial charge in [-0.2, -0.15) is 0 Å². The normalized spacial score (nSPS) is 11.6. The van der Waals surface area contributed by atoms with Gasteiger partial charge in [0.2, 0.25) is 0 Å². The first-order valence-corrected chi connectivity index (χ1v) is 9.21. The monoisotopic (exact) mass is 359 g/mol. The first-order valence-electron chi connectivity index (χ1n) is 7.56. The number of rotatable bonds is 5. The Hall–Kier alpha value is -2.74. The van der Waals surface area contributed by atoms with Crippen molar-refractivity contribution in [1.29, 1.82) is 0 Å². The molecule has 0 aliphatic heterocycles. The van der Waals surface area contributed by atoms with Crippen LogP contribution in [0.2, 0.25) is 0 Å². The summed E-state index contributed by atoms with van der Waals surface area (Å²) in [5.41, 5.74) is 2.71. The van der Waals surface area contributed by atoms with Gasteiger partial charge in [0.15, 0.2) is 15.6 Å². The van der Waals surface area contributed by atoms with Gasteiger partial charge in [0.1, 0.15) is 11.3 Å². The largest absolute Gasteiger partial charge is 0.468 e. The molecule has 0 spiro atoms. The molecular formula is C17H17N3O4S. The second-order valence-electron chi connectivity index (χ2n) is 5.59. The number of ether oxygens (including phenoxy) is 1. The molecule has 0 saturated carbocycles. The summed E-state index contributed by atoms with van der Waals surface area (Å²) >= 11 is 0. The molecule has 3 rings (SSSR count). The molecule has 2 aromatic heterocycles. The number of pyridine rings is 1. The van der Waals surface area contributed by atoms with Crippen molar-refractivity contribution in [3.63, 3.8) is 0 Å². The van der Waals surface area contributed by atoms with E-state index in [4.69, 9.17) is 0 Å². The number of carbonyl (C=O) groups excluding carboxylic acids is 1. The van der Waals surface area contributed by atoms with Gasteiger partial charge >= 0.3 is 5.97 Å². The van der Waals surface area contributed by atoms with Gasteiger partial charge < -0.3 is 9.30 Å². The van der Waals surface area contributed by atoms with Crippen molar-refractivity contribution in [3.8, 4) is 0 Å². The Morgan fingerprint density at radius 1 is 1.20 bits per heavy atom. The Balaban J connectivity index is 1.86. The van der Waals surface area contributed by atoms with Crippen molar-refractivity contribution in [3.05, 3.63) is 54.1 Å². The molecule has 2 heterocycles. The molecule has 0 fully saturated rings. The summed E-state index contributed by atoms with van der Waals surface area (Å²) in [5.74, 6) is -0.593. The van der Waals surface area contributed by atoms with Crippen LogP contribution < -0.4 is 0 Å². The third-order valence-corrected chi connectivity index (χ3v) is 5.51. The number of fused-ring (bicyclic) bond motifs is 1. The fourth-order valence-electron chi connectivity index (χ4n) is 2.58. The summed E-state index contributed by atoms with van der Waals surface area (Å²) < 4.78 is 30.7. The van der Waals surface area contributed by atoms with E-state index in [0.29, 0.717) is 6.54 Å². The second-order valence-corrected chi connectivity index (χ2v) is 7.58. The Bertz CT molecular complexity index is 1020. The lowest BCUT2D eigenvalue weighted by Gasteiger charge is -2.08. The maximum absolute atomic E-state index is 12.1. The quantitative estimate of drug-likeness (QED) is 0.645. The van der Waals surface area contributed by atoms with Crippen LogP contribution in [-0.4, -0.2) is 41.8 Å². The van der Waals surface area contributed by atoms with Gasteiger partial charge in [-0.1, -0.05) is 12.1 Å². The molecule has 0 radical (unpaired) electrons. The first-order chi connectivity index (χ1) is 11.9. The minimum atomic E-state index is -3.70. The van der Waals surface area contributed by atoms with Crippen LogP contribution in [-0.2, 0) is 25.9 Å².